The van der Waals surface area contributed by atoms with Crippen molar-refractivity contribution in [3.63, 3.8) is 0 Å². The summed E-state index contributed by atoms with van der Waals surface area (Å²) in [5.41, 5.74) is 10.9. The molecule has 0 bridgehead atoms. The zero-order valence-corrected chi connectivity index (χ0v) is 14.5. The molecular weight excluding hydrogens is 300 g/mol. The Morgan fingerprint density at radius 3 is 2.71 bits per heavy atom. The summed E-state index contributed by atoms with van der Waals surface area (Å²) in [5, 5.41) is 3.69. The van der Waals surface area contributed by atoms with Crippen molar-refractivity contribution in [1.29, 1.82) is 0 Å². The molecule has 0 fully saturated rings. The molecule has 0 saturated heterocycles. The lowest BCUT2D eigenvalue weighted by Gasteiger charge is -2.27. The Bertz CT molecular complexity index is 700. The van der Waals surface area contributed by atoms with E-state index in [1.807, 2.05) is 18.2 Å². The normalized spacial score (nSPS) is 16.5. The molecule has 128 valence electrons. The van der Waals surface area contributed by atoms with Gasteiger partial charge < -0.3 is 20.5 Å². The number of aryl methyl sites for hydroxylation is 1. The molecule has 24 heavy (non-hydrogen) atoms. The first-order chi connectivity index (χ1) is 11.7. The van der Waals surface area contributed by atoms with Crippen LogP contribution >= 0.6 is 0 Å². The van der Waals surface area contributed by atoms with E-state index in [1.165, 1.54) is 29.5 Å². The summed E-state index contributed by atoms with van der Waals surface area (Å²) in [7, 11) is 3.33. The van der Waals surface area contributed by atoms with Crippen molar-refractivity contribution in [2.75, 3.05) is 26.5 Å². The third-order valence-electron chi connectivity index (χ3n) is 4.74. The van der Waals surface area contributed by atoms with Crippen molar-refractivity contribution >= 4 is 5.69 Å². The highest BCUT2D eigenvalue weighted by Gasteiger charge is 2.19. The van der Waals surface area contributed by atoms with Gasteiger partial charge in [0.1, 0.15) is 0 Å². The van der Waals surface area contributed by atoms with E-state index in [4.69, 9.17) is 15.2 Å². The van der Waals surface area contributed by atoms with Gasteiger partial charge in [0, 0.05) is 11.7 Å². The SMILES string of the molecule is COc1ccc(CCNC2CCCc3ccc(N)cc32)cc1OC. The number of anilines is 1. The molecule has 1 aliphatic rings. The summed E-state index contributed by atoms with van der Waals surface area (Å²) in [6.45, 7) is 0.925. The molecular formula is C20H26N2O2. The summed E-state index contributed by atoms with van der Waals surface area (Å²) >= 11 is 0. The van der Waals surface area contributed by atoms with Gasteiger partial charge in [0.15, 0.2) is 11.5 Å². The summed E-state index contributed by atoms with van der Waals surface area (Å²) in [4.78, 5) is 0. The summed E-state index contributed by atoms with van der Waals surface area (Å²) in [6.07, 6.45) is 4.51. The second kappa shape index (κ2) is 7.58. The van der Waals surface area contributed by atoms with E-state index in [1.54, 1.807) is 14.2 Å². The molecule has 4 nitrogen and oxygen atoms in total. The molecule has 3 N–H and O–H groups in total. The van der Waals surface area contributed by atoms with Gasteiger partial charge in [-0.15, -0.1) is 0 Å². The molecule has 1 unspecified atom stereocenters. The van der Waals surface area contributed by atoms with Crippen molar-refractivity contribution in [2.24, 2.45) is 0 Å². The lowest BCUT2D eigenvalue weighted by Crippen LogP contribution is -2.27. The van der Waals surface area contributed by atoms with Crippen LogP contribution in [0.5, 0.6) is 11.5 Å². The molecule has 0 radical (unpaired) electrons. The number of nitrogens with two attached hydrogens (primary N) is 1. The molecule has 1 aliphatic carbocycles. The molecule has 1 atom stereocenters. The molecule has 2 aromatic rings. The van der Waals surface area contributed by atoms with Gasteiger partial charge in [-0.3, -0.25) is 0 Å². The maximum absolute atomic E-state index is 5.97. The summed E-state index contributed by atoms with van der Waals surface area (Å²) in [5.74, 6) is 1.55. The number of methoxy groups -OCH3 is 2. The minimum absolute atomic E-state index is 0.400. The van der Waals surface area contributed by atoms with Gasteiger partial charge in [-0.25, -0.2) is 0 Å². The first kappa shape index (κ1) is 16.7. The van der Waals surface area contributed by atoms with Crippen LogP contribution in [0.3, 0.4) is 0 Å². The minimum Gasteiger partial charge on any atom is -0.493 e. The highest BCUT2D eigenvalue weighted by molar-refractivity contribution is 5.47. The van der Waals surface area contributed by atoms with Crippen molar-refractivity contribution in [3.8, 4) is 11.5 Å². The zero-order chi connectivity index (χ0) is 16.9. The van der Waals surface area contributed by atoms with E-state index < -0.39 is 0 Å². The molecule has 0 aromatic heterocycles. The Hall–Kier alpha value is -2.20. The smallest absolute Gasteiger partial charge is 0.160 e. The predicted octanol–water partition coefficient (Wildman–Crippen LogP) is 3.50. The first-order valence-corrected chi connectivity index (χ1v) is 8.54. The van der Waals surface area contributed by atoms with Crippen LogP contribution in [-0.2, 0) is 12.8 Å². The number of hydrogen-bond acceptors (Lipinski definition) is 4. The fourth-order valence-corrected chi connectivity index (χ4v) is 3.46. The summed E-state index contributed by atoms with van der Waals surface area (Å²) in [6, 6.07) is 12.8. The predicted molar refractivity (Wildman–Crippen MR) is 97.8 cm³/mol. The van der Waals surface area contributed by atoms with Gasteiger partial charge in [-0.1, -0.05) is 12.1 Å². The number of fused-ring (bicyclic) bond motifs is 1. The van der Waals surface area contributed by atoms with Gasteiger partial charge in [0.25, 0.3) is 0 Å². The number of benzene rings is 2. The first-order valence-electron chi connectivity index (χ1n) is 8.54. The van der Waals surface area contributed by atoms with Crippen LogP contribution in [0.4, 0.5) is 5.69 Å². The lowest BCUT2D eigenvalue weighted by molar-refractivity contribution is 0.354. The average molecular weight is 326 g/mol. The largest absolute Gasteiger partial charge is 0.493 e. The van der Waals surface area contributed by atoms with Gasteiger partial charge in [-0.05, 0) is 73.2 Å². The van der Waals surface area contributed by atoms with Gasteiger partial charge in [0.05, 0.1) is 14.2 Å². The molecule has 4 heteroatoms. The van der Waals surface area contributed by atoms with Crippen LogP contribution in [0.25, 0.3) is 0 Å². The third-order valence-corrected chi connectivity index (χ3v) is 4.74. The molecule has 3 rings (SSSR count). The Balaban J connectivity index is 1.62. The topological polar surface area (TPSA) is 56.5 Å². The zero-order valence-electron chi connectivity index (χ0n) is 14.5. The quantitative estimate of drug-likeness (QED) is 0.798. The number of hydrogen-bond donors (Lipinski definition) is 2. The van der Waals surface area contributed by atoms with Gasteiger partial charge >= 0.3 is 0 Å². The van der Waals surface area contributed by atoms with Crippen molar-refractivity contribution in [2.45, 2.75) is 31.7 Å². The molecule has 0 heterocycles. The number of nitrogens with one attached hydrogen (secondary N) is 1. The van der Waals surface area contributed by atoms with E-state index in [2.05, 4.69) is 23.5 Å². The average Bonchev–Trinajstić information content (AvgIpc) is 2.62. The Morgan fingerprint density at radius 1 is 1.08 bits per heavy atom. The third kappa shape index (κ3) is 3.65. The molecule has 0 saturated carbocycles. The fraction of sp³-hybridized carbons (Fsp3) is 0.400. The van der Waals surface area contributed by atoms with Crippen LogP contribution < -0.4 is 20.5 Å². The van der Waals surface area contributed by atoms with Crippen molar-refractivity contribution in [3.05, 3.63) is 53.1 Å². The molecule has 2 aromatic carbocycles. The maximum atomic E-state index is 5.97. The lowest BCUT2D eigenvalue weighted by atomic mass is 9.87. The van der Waals surface area contributed by atoms with E-state index in [0.29, 0.717) is 6.04 Å². The Kier molecular flexibility index (Phi) is 5.26. The highest BCUT2D eigenvalue weighted by atomic mass is 16.5. The number of nitrogen functional groups attached to an aromatic ring is 1. The van der Waals surface area contributed by atoms with Crippen LogP contribution in [0.15, 0.2) is 36.4 Å². The van der Waals surface area contributed by atoms with Crippen LogP contribution in [0.2, 0.25) is 0 Å². The Labute approximate surface area is 144 Å². The Morgan fingerprint density at radius 2 is 1.92 bits per heavy atom. The number of rotatable bonds is 6. The number of ether oxygens (including phenoxy) is 2. The van der Waals surface area contributed by atoms with Gasteiger partial charge in [0.2, 0.25) is 0 Å². The molecule has 0 spiro atoms. The van der Waals surface area contributed by atoms with Crippen molar-refractivity contribution in [1.82, 2.24) is 5.32 Å². The van der Waals surface area contributed by atoms with Crippen LogP contribution in [0.1, 0.15) is 35.6 Å². The molecule has 0 aliphatic heterocycles. The second-order valence-electron chi connectivity index (χ2n) is 6.30. The van der Waals surface area contributed by atoms with E-state index in [-0.39, 0.29) is 0 Å². The van der Waals surface area contributed by atoms with Crippen LogP contribution in [0, 0.1) is 0 Å². The van der Waals surface area contributed by atoms with Crippen LogP contribution in [-0.4, -0.2) is 20.8 Å². The standard InChI is InChI=1S/C20H26N2O2/c1-23-19-9-6-14(12-20(19)24-2)10-11-22-18-5-3-4-15-7-8-16(21)13-17(15)18/h6-9,12-13,18,22H,3-5,10-11,21H2,1-2H3. The summed E-state index contributed by atoms with van der Waals surface area (Å²) < 4.78 is 10.7. The van der Waals surface area contributed by atoms with Gasteiger partial charge in [-0.2, -0.15) is 0 Å². The second-order valence-corrected chi connectivity index (χ2v) is 6.30. The van der Waals surface area contributed by atoms with E-state index >= 15 is 0 Å². The minimum atomic E-state index is 0.400. The fourth-order valence-electron chi connectivity index (χ4n) is 3.46. The van der Waals surface area contributed by atoms with E-state index in [0.717, 1.165) is 36.6 Å². The monoisotopic (exact) mass is 326 g/mol. The highest BCUT2D eigenvalue weighted by Crippen LogP contribution is 2.31. The van der Waals surface area contributed by atoms with E-state index in [9.17, 15) is 0 Å². The maximum Gasteiger partial charge on any atom is 0.160 e. The molecule has 0 amide bonds. The van der Waals surface area contributed by atoms with Crippen molar-refractivity contribution < 1.29 is 9.47 Å².